The number of rotatable bonds is 2. The summed E-state index contributed by atoms with van der Waals surface area (Å²) >= 11 is 0. The molecule has 0 radical (unpaired) electrons. The Morgan fingerprint density at radius 1 is 1.44 bits per heavy atom. The van der Waals surface area contributed by atoms with Crippen LogP contribution in [0.3, 0.4) is 0 Å². The standard InChI is InChI=1S/C13H19N3O2/c1-8-12(18-7-14-8)13(17)16(2)11-5-9-3-4-10(6-11)15-9/h7,9-11,15H,3-6H2,1-2H3. The molecule has 2 aliphatic heterocycles. The van der Waals surface area contributed by atoms with Crippen molar-refractivity contribution in [3.05, 3.63) is 17.8 Å². The number of aromatic nitrogens is 1. The van der Waals surface area contributed by atoms with E-state index >= 15 is 0 Å². The smallest absolute Gasteiger partial charge is 0.291 e. The molecule has 2 fully saturated rings. The van der Waals surface area contributed by atoms with Crippen LogP contribution in [-0.4, -0.2) is 41.0 Å². The van der Waals surface area contributed by atoms with E-state index in [1.807, 2.05) is 11.9 Å². The third-order valence-corrected chi connectivity index (χ3v) is 4.26. The molecule has 2 saturated heterocycles. The van der Waals surface area contributed by atoms with Crippen LogP contribution in [0.2, 0.25) is 0 Å². The van der Waals surface area contributed by atoms with Gasteiger partial charge in [-0.05, 0) is 32.6 Å². The largest absolute Gasteiger partial charge is 0.438 e. The lowest BCUT2D eigenvalue weighted by Gasteiger charge is -2.35. The molecule has 0 aromatic carbocycles. The first kappa shape index (κ1) is 11.7. The van der Waals surface area contributed by atoms with E-state index in [2.05, 4.69) is 10.3 Å². The topological polar surface area (TPSA) is 58.4 Å². The highest BCUT2D eigenvalue weighted by molar-refractivity contribution is 5.92. The zero-order chi connectivity index (χ0) is 12.7. The number of hydrogen-bond donors (Lipinski definition) is 1. The second-order valence-corrected chi connectivity index (χ2v) is 5.45. The number of oxazole rings is 1. The van der Waals surface area contributed by atoms with Crippen LogP contribution in [0.5, 0.6) is 0 Å². The highest BCUT2D eigenvalue weighted by Gasteiger charge is 2.37. The summed E-state index contributed by atoms with van der Waals surface area (Å²) in [5.41, 5.74) is 0.670. The number of aryl methyl sites for hydroxylation is 1. The molecule has 1 aromatic rings. The van der Waals surface area contributed by atoms with Crippen LogP contribution in [0, 0.1) is 6.92 Å². The van der Waals surface area contributed by atoms with Crippen LogP contribution >= 0.6 is 0 Å². The normalized spacial score (nSPS) is 30.4. The Morgan fingerprint density at radius 2 is 2.11 bits per heavy atom. The molecule has 0 saturated carbocycles. The van der Waals surface area contributed by atoms with Crippen LogP contribution in [0.4, 0.5) is 0 Å². The zero-order valence-electron chi connectivity index (χ0n) is 10.8. The average Bonchev–Trinajstić information content (AvgIpc) is 2.93. The molecule has 1 amide bonds. The van der Waals surface area contributed by atoms with E-state index in [4.69, 9.17) is 4.42 Å². The molecule has 2 bridgehead atoms. The molecule has 1 aromatic heterocycles. The predicted molar refractivity (Wildman–Crippen MR) is 66.3 cm³/mol. The van der Waals surface area contributed by atoms with Crippen LogP contribution in [0.15, 0.2) is 10.8 Å². The number of carbonyl (C=O) groups excluding carboxylic acids is 1. The fraction of sp³-hybridized carbons (Fsp3) is 0.692. The Labute approximate surface area is 107 Å². The maximum atomic E-state index is 12.3. The van der Waals surface area contributed by atoms with Crippen LogP contribution in [0.1, 0.15) is 41.9 Å². The molecule has 2 atom stereocenters. The molecule has 5 nitrogen and oxygen atoms in total. The van der Waals surface area contributed by atoms with Gasteiger partial charge in [0.25, 0.3) is 5.91 Å². The van der Waals surface area contributed by atoms with Crippen molar-refractivity contribution in [3.8, 4) is 0 Å². The van der Waals surface area contributed by atoms with E-state index in [1.54, 1.807) is 6.92 Å². The van der Waals surface area contributed by atoms with Gasteiger partial charge in [-0.3, -0.25) is 4.79 Å². The quantitative estimate of drug-likeness (QED) is 0.859. The van der Waals surface area contributed by atoms with Crippen molar-refractivity contribution >= 4 is 5.91 Å². The number of nitrogens with zero attached hydrogens (tertiary/aromatic N) is 2. The van der Waals surface area contributed by atoms with Gasteiger partial charge >= 0.3 is 0 Å². The van der Waals surface area contributed by atoms with Crippen LogP contribution in [-0.2, 0) is 0 Å². The van der Waals surface area contributed by atoms with Crippen molar-refractivity contribution in [2.24, 2.45) is 0 Å². The highest BCUT2D eigenvalue weighted by Crippen LogP contribution is 2.29. The average molecular weight is 249 g/mol. The van der Waals surface area contributed by atoms with E-state index in [1.165, 1.54) is 19.2 Å². The molecule has 0 aliphatic carbocycles. The van der Waals surface area contributed by atoms with Crippen molar-refractivity contribution in [1.82, 2.24) is 15.2 Å². The van der Waals surface area contributed by atoms with Gasteiger partial charge < -0.3 is 14.6 Å². The SMILES string of the molecule is Cc1ncoc1C(=O)N(C)C1CC2CCC(C1)N2. The summed E-state index contributed by atoms with van der Waals surface area (Å²) in [6, 6.07) is 1.49. The third-order valence-electron chi connectivity index (χ3n) is 4.26. The summed E-state index contributed by atoms with van der Waals surface area (Å²) in [6.07, 6.45) is 5.91. The fourth-order valence-corrected chi connectivity index (χ4v) is 3.18. The molecule has 98 valence electrons. The van der Waals surface area contributed by atoms with Gasteiger partial charge in [0.1, 0.15) is 0 Å². The van der Waals surface area contributed by atoms with Gasteiger partial charge in [0.2, 0.25) is 5.76 Å². The van der Waals surface area contributed by atoms with Gasteiger partial charge in [-0.1, -0.05) is 0 Å². The molecule has 3 heterocycles. The van der Waals surface area contributed by atoms with Crippen LogP contribution in [0.25, 0.3) is 0 Å². The fourth-order valence-electron chi connectivity index (χ4n) is 3.18. The molecule has 2 unspecified atom stereocenters. The number of carbonyl (C=O) groups is 1. The molecule has 18 heavy (non-hydrogen) atoms. The van der Waals surface area contributed by atoms with E-state index in [-0.39, 0.29) is 5.91 Å². The van der Waals surface area contributed by atoms with Crippen molar-refractivity contribution in [2.75, 3.05) is 7.05 Å². The highest BCUT2D eigenvalue weighted by atomic mass is 16.3. The van der Waals surface area contributed by atoms with E-state index in [9.17, 15) is 4.79 Å². The molecule has 5 heteroatoms. The van der Waals surface area contributed by atoms with Crippen molar-refractivity contribution in [3.63, 3.8) is 0 Å². The lowest BCUT2D eigenvalue weighted by atomic mass is 9.98. The summed E-state index contributed by atoms with van der Waals surface area (Å²) in [6.45, 7) is 1.80. The Bertz CT molecular complexity index is 445. The van der Waals surface area contributed by atoms with E-state index < -0.39 is 0 Å². The summed E-state index contributed by atoms with van der Waals surface area (Å²) < 4.78 is 5.19. The van der Waals surface area contributed by atoms with Crippen molar-refractivity contribution in [2.45, 2.75) is 50.7 Å². The van der Waals surface area contributed by atoms with Gasteiger partial charge in [-0.15, -0.1) is 0 Å². The Balaban J connectivity index is 1.73. The minimum atomic E-state index is -0.0451. The van der Waals surface area contributed by atoms with Gasteiger partial charge in [0, 0.05) is 25.2 Å². The van der Waals surface area contributed by atoms with Gasteiger partial charge in [0.05, 0.1) is 5.69 Å². The Morgan fingerprint density at radius 3 is 2.67 bits per heavy atom. The van der Waals surface area contributed by atoms with Crippen LogP contribution < -0.4 is 5.32 Å². The number of nitrogens with one attached hydrogen (secondary N) is 1. The molecule has 0 spiro atoms. The van der Waals surface area contributed by atoms with Gasteiger partial charge in [-0.25, -0.2) is 4.98 Å². The molecule has 2 aliphatic rings. The predicted octanol–water partition coefficient (Wildman–Crippen LogP) is 1.34. The summed E-state index contributed by atoms with van der Waals surface area (Å²) in [4.78, 5) is 18.1. The minimum Gasteiger partial charge on any atom is -0.438 e. The molecular weight excluding hydrogens is 230 g/mol. The monoisotopic (exact) mass is 249 g/mol. The second-order valence-electron chi connectivity index (χ2n) is 5.45. The summed E-state index contributed by atoms with van der Waals surface area (Å²) in [5, 5.41) is 3.59. The lowest BCUT2D eigenvalue weighted by Crippen LogP contribution is -2.48. The molecular formula is C13H19N3O2. The summed E-state index contributed by atoms with van der Waals surface area (Å²) in [5.74, 6) is 0.333. The van der Waals surface area contributed by atoms with Crippen molar-refractivity contribution < 1.29 is 9.21 Å². The molecule has 1 N–H and O–H groups in total. The lowest BCUT2D eigenvalue weighted by molar-refractivity contribution is 0.0648. The Kier molecular flexibility index (Phi) is 2.86. The number of amides is 1. The zero-order valence-corrected chi connectivity index (χ0v) is 10.8. The Hall–Kier alpha value is -1.36. The molecule has 3 rings (SSSR count). The maximum absolute atomic E-state index is 12.3. The maximum Gasteiger partial charge on any atom is 0.291 e. The first-order chi connectivity index (χ1) is 8.65. The third kappa shape index (κ3) is 1.92. The number of fused-ring (bicyclic) bond motifs is 2. The van der Waals surface area contributed by atoms with Gasteiger partial charge in [-0.2, -0.15) is 0 Å². The number of hydrogen-bond acceptors (Lipinski definition) is 4. The minimum absolute atomic E-state index is 0.0451. The summed E-state index contributed by atoms with van der Waals surface area (Å²) in [7, 11) is 1.87. The first-order valence-corrected chi connectivity index (χ1v) is 6.58. The van der Waals surface area contributed by atoms with Crippen molar-refractivity contribution in [1.29, 1.82) is 0 Å². The van der Waals surface area contributed by atoms with E-state index in [0.717, 1.165) is 12.8 Å². The second kappa shape index (κ2) is 4.39. The van der Waals surface area contributed by atoms with Gasteiger partial charge in [0.15, 0.2) is 6.39 Å². The van der Waals surface area contributed by atoms with E-state index in [0.29, 0.717) is 29.6 Å². The number of piperidine rings is 1. The first-order valence-electron chi connectivity index (χ1n) is 6.58.